The summed E-state index contributed by atoms with van der Waals surface area (Å²) in [7, 11) is -10.9. The number of unbranched alkanes of at least 4 members (excludes halogenated alkanes) is 2. The highest BCUT2D eigenvalue weighted by Gasteiger charge is 2.27. The Morgan fingerprint density at radius 3 is 1.79 bits per heavy atom. The minimum atomic E-state index is -4.03. The van der Waals surface area contributed by atoms with E-state index in [2.05, 4.69) is 28.5 Å². The number of ketones is 1. The maximum Gasteiger partial charge on any atom is 0.265 e. The van der Waals surface area contributed by atoms with E-state index in [-0.39, 0.29) is 26.5 Å². The average Bonchev–Trinajstić information content (AvgIpc) is 3.26. The quantitative estimate of drug-likeness (QED) is 0.0944. The van der Waals surface area contributed by atoms with Crippen LogP contribution in [0.25, 0.3) is 0 Å². The number of thioether (sulfide) groups is 1. The monoisotopic (exact) mass is 969 g/mol. The number of benzene rings is 3. The molecular formula is C42H53Cl2N5O7S5. The summed E-state index contributed by atoms with van der Waals surface area (Å²) < 4.78 is 82.3. The molecule has 332 valence electrons. The lowest BCUT2D eigenvalue weighted by molar-refractivity contribution is -0.116. The van der Waals surface area contributed by atoms with Gasteiger partial charge in [-0.25, -0.2) is 39.9 Å². The first-order valence-corrected chi connectivity index (χ1v) is 27.4. The number of nitrogens with one attached hydrogen (secondary N) is 1. The van der Waals surface area contributed by atoms with E-state index in [0.29, 0.717) is 60.4 Å². The molecule has 1 aromatic heterocycles. The van der Waals surface area contributed by atoms with Crippen molar-refractivity contribution in [3.8, 4) is 0 Å². The van der Waals surface area contributed by atoms with Gasteiger partial charge in [-0.3, -0.25) is 4.79 Å². The molecule has 0 atom stereocenters. The smallest absolute Gasteiger partial charge is 0.265 e. The number of aromatic nitrogens is 2. The van der Waals surface area contributed by atoms with E-state index in [4.69, 9.17) is 23.2 Å². The number of piperidine rings is 2. The van der Waals surface area contributed by atoms with Gasteiger partial charge in [-0.1, -0.05) is 74.5 Å². The first-order valence-electron chi connectivity index (χ1n) is 20.5. The summed E-state index contributed by atoms with van der Waals surface area (Å²) >= 11 is 14.9. The van der Waals surface area contributed by atoms with Gasteiger partial charge >= 0.3 is 0 Å². The first kappa shape index (κ1) is 49.3. The molecule has 2 saturated heterocycles. The zero-order valence-electron chi connectivity index (χ0n) is 34.4. The van der Waals surface area contributed by atoms with E-state index in [9.17, 15) is 30.0 Å². The van der Waals surface area contributed by atoms with Crippen LogP contribution in [0, 0.1) is 0 Å². The van der Waals surface area contributed by atoms with Gasteiger partial charge in [0, 0.05) is 53.6 Å². The van der Waals surface area contributed by atoms with Gasteiger partial charge in [0.05, 0.1) is 31.2 Å². The Morgan fingerprint density at radius 1 is 0.721 bits per heavy atom. The largest absolute Gasteiger partial charge is 0.299 e. The van der Waals surface area contributed by atoms with Gasteiger partial charge in [0.1, 0.15) is 10.7 Å². The Bertz CT molecular complexity index is 2410. The maximum absolute atomic E-state index is 12.9. The maximum atomic E-state index is 12.9. The Morgan fingerprint density at radius 2 is 1.26 bits per heavy atom. The predicted molar refractivity (Wildman–Crippen MR) is 245 cm³/mol. The highest BCUT2D eigenvalue weighted by atomic mass is 35.5. The number of hydrogen-bond acceptors (Lipinski definition) is 11. The van der Waals surface area contributed by atoms with E-state index in [0.717, 1.165) is 78.9 Å². The third-order valence-corrected chi connectivity index (χ3v) is 18.0. The molecule has 0 spiro atoms. The van der Waals surface area contributed by atoms with Crippen molar-refractivity contribution in [2.45, 2.75) is 120 Å². The Balaban J connectivity index is 0.000000262. The summed E-state index contributed by atoms with van der Waals surface area (Å²) in [4.78, 5) is 23.4. The van der Waals surface area contributed by atoms with E-state index in [1.54, 1.807) is 63.3 Å². The number of anilines is 1. The van der Waals surface area contributed by atoms with Gasteiger partial charge < -0.3 is 0 Å². The van der Waals surface area contributed by atoms with Crippen molar-refractivity contribution in [1.29, 1.82) is 0 Å². The van der Waals surface area contributed by atoms with E-state index < -0.39 is 30.1 Å². The normalized spacial score (nSPS) is 15.5. The zero-order valence-corrected chi connectivity index (χ0v) is 40.0. The number of carbonyl (C=O) groups excluding carboxylic acids is 1. The molecular weight excluding hydrogens is 918 g/mol. The summed E-state index contributed by atoms with van der Waals surface area (Å²) in [6.45, 7) is 6.47. The predicted octanol–water partition coefficient (Wildman–Crippen LogP) is 9.97. The molecule has 2 aliphatic heterocycles. The van der Waals surface area contributed by atoms with Crippen LogP contribution in [0.1, 0.15) is 90.2 Å². The lowest BCUT2D eigenvalue weighted by Crippen LogP contribution is -2.35. The number of Topliss-reactive ketones (excluding diaryl/α,β-unsaturated/α-hetero) is 1. The van der Waals surface area contributed by atoms with Crippen molar-refractivity contribution in [2.75, 3.05) is 36.7 Å². The fraction of sp³-hybridized carbons (Fsp3) is 0.452. The van der Waals surface area contributed by atoms with Crippen LogP contribution in [0.15, 0.2) is 102 Å². The van der Waals surface area contributed by atoms with Gasteiger partial charge in [-0.15, -0.1) is 11.8 Å². The molecule has 2 fully saturated rings. The molecule has 61 heavy (non-hydrogen) atoms. The summed E-state index contributed by atoms with van der Waals surface area (Å²) in [5, 5.41) is 0.319. The fourth-order valence-corrected chi connectivity index (χ4v) is 13.0. The molecule has 3 heterocycles. The van der Waals surface area contributed by atoms with Gasteiger partial charge in [0.2, 0.25) is 26.0 Å². The number of rotatable bonds is 18. The fourth-order valence-electron chi connectivity index (χ4n) is 6.57. The second kappa shape index (κ2) is 23.3. The van der Waals surface area contributed by atoms with Crippen molar-refractivity contribution in [3.05, 3.63) is 88.7 Å². The molecule has 12 nitrogen and oxygen atoms in total. The molecule has 2 aliphatic rings. The summed E-state index contributed by atoms with van der Waals surface area (Å²) in [5.41, 5.74) is 0.691. The number of halogens is 2. The van der Waals surface area contributed by atoms with Crippen LogP contribution in [-0.2, 0) is 41.3 Å². The van der Waals surface area contributed by atoms with Crippen LogP contribution in [-0.4, -0.2) is 81.5 Å². The first-order chi connectivity index (χ1) is 29.1. The highest BCUT2D eigenvalue weighted by molar-refractivity contribution is 8.00. The lowest BCUT2D eigenvalue weighted by Gasteiger charge is -2.25. The van der Waals surface area contributed by atoms with Crippen molar-refractivity contribution < 1.29 is 30.0 Å². The van der Waals surface area contributed by atoms with Crippen LogP contribution in [0.5, 0.6) is 0 Å². The minimum absolute atomic E-state index is 0.00544. The second-order valence-electron chi connectivity index (χ2n) is 14.7. The van der Waals surface area contributed by atoms with Crippen LogP contribution in [0.4, 0.5) is 5.95 Å². The number of aryl methyl sites for hydroxylation is 1. The van der Waals surface area contributed by atoms with Crippen LogP contribution in [0.3, 0.4) is 0 Å². The lowest BCUT2D eigenvalue weighted by atomic mass is 10.2. The van der Waals surface area contributed by atoms with Crippen molar-refractivity contribution in [1.82, 2.24) is 18.6 Å². The van der Waals surface area contributed by atoms with Crippen molar-refractivity contribution >= 4 is 88.5 Å². The van der Waals surface area contributed by atoms with Crippen molar-refractivity contribution in [3.63, 3.8) is 0 Å². The summed E-state index contributed by atoms with van der Waals surface area (Å²) in [5.74, 6) is 0.648. The standard InChI is InChI=1S/C25H28Cl2N4O4S3.C17H25NO3S2/c1-2-3-7-22-23(17-28-25(29-22)30-37(32,33)24-13-8-18(26)16-21(24)27)36-19-9-11-20(12-10-19)38(34,35)31-14-5-4-6-15-31;1-2-3-7-15(19)14-22-16-8-10-17(11-9-16)23(20,21)18-12-5-4-6-13-18/h8-13,16-17H,2-7,14-15H2,1H3,(H,28,29,30);8-11H,2-7,12-14H2,1H3. The van der Waals surface area contributed by atoms with Crippen LogP contribution >= 0.6 is 46.7 Å². The minimum Gasteiger partial charge on any atom is -0.299 e. The van der Waals surface area contributed by atoms with E-state index >= 15 is 0 Å². The van der Waals surface area contributed by atoms with Gasteiger partial charge in [0.15, 0.2) is 0 Å². The molecule has 0 bridgehead atoms. The van der Waals surface area contributed by atoms with Crippen molar-refractivity contribution in [2.24, 2.45) is 0 Å². The average molecular weight is 971 g/mol. The summed E-state index contributed by atoms with van der Waals surface area (Å²) in [6, 6.07) is 17.8. The molecule has 0 unspecified atom stereocenters. The number of nitrogens with zero attached hydrogens (tertiary/aromatic N) is 4. The molecule has 0 radical (unpaired) electrons. The van der Waals surface area contributed by atoms with Crippen LogP contribution < -0.4 is 4.72 Å². The second-order valence-corrected chi connectivity index (χ2v) is 23.2. The Kier molecular flexibility index (Phi) is 18.8. The molecule has 3 aromatic carbocycles. The zero-order chi connectivity index (χ0) is 44.0. The van der Waals surface area contributed by atoms with E-state index in [1.165, 1.54) is 41.7 Å². The molecule has 1 N–H and O–H groups in total. The molecule has 6 rings (SSSR count). The SMILES string of the molecule is CCCCC(=O)CSc1ccc(S(=O)(=O)N2CCCCC2)cc1.CCCCc1nc(NS(=O)(=O)c2ccc(Cl)cc2Cl)ncc1Sc1ccc(S(=O)(=O)N2CCCCC2)cc1. The van der Waals surface area contributed by atoms with Gasteiger partial charge in [-0.2, -0.15) is 8.61 Å². The van der Waals surface area contributed by atoms with Gasteiger partial charge in [-0.05, 0) is 112 Å². The number of carbonyl (C=O) groups is 1. The molecule has 0 amide bonds. The molecule has 4 aromatic rings. The van der Waals surface area contributed by atoms with E-state index in [1.807, 2.05) is 0 Å². The third kappa shape index (κ3) is 14.1. The number of sulfonamides is 3. The topological polar surface area (TPSA) is 164 Å². The molecule has 19 heteroatoms. The Labute approximate surface area is 380 Å². The highest BCUT2D eigenvalue weighted by Crippen LogP contribution is 2.33. The van der Waals surface area contributed by atoms with Crippen LogP contribution in [0.2, 0.25) is 10.0 Å². The Hall–Kier alpha value is -2.74. The molecule has 0 aliphatic carbocycles. The molecule has 0 saturated carbocycles. The summed E-state index contributed by atoms with van der Waals surface area (Å²) in [6.07, 6.45) is 12.4. The third-order valence-electron chi connectivity index (χ3n) is 10.00. The van der Waals surface area contributed by atoms with Gasteiger partial charge in [0.25, 0.3) is 10.0 Å². The number of hydrogen-bond donors (Lipinski definition) is 1.